The maximum atomic E-state index is 5.88. The predicted molar refractivity (Wildman–Crippen MR) is 66.8 cm³/mol. The Labute approximate surface area is 103 Å². The summed E-state index contributed by atoms with van der Waals surface area (Å²) in [5.74, 6) is 1.02. The van der Waals surface area contributed by atoms with Crippen LogP contribution in [0.2, 0.25) is 0 Å². The van der Waals surface area contributed by atoms with Gasteiger partial charge in [0, 0.05) is 24.5 Å². The molecule has 92 valence electrons. The Morgan fingerprint density at radius 2 is 2.00 bits per heavy atom. The summed E-state index contributed by atoms with van der Waals surface area (Å²) in [5.41, 5.74) is 7.42. The van der Waals surface area contributed by atoms with E-state index in [-0.39, 0.29) is 6.04 Å². The number of nitrogens with zero attached hydrogens (tertiary/aromatic N) is 6. The van der Waals surface area contributed by atoms with Crippen molar-refractivity contribution in [1.29, 1.82) is 0 Å². The fourth-order valence-corrected chi connectivity index (χ4v) is 1.94. The van der Waals surface area contributed by atoms with E-state index in [0.29, 0.717) is 17.4 Å². The minimum Gasteiger partial charge on any atom is -0.369 e. The van der Waals surface area contributed by atoms with Crippen molar-refractivity contribution in [1.82, 2.24) is 29.4 Å². The molecule has 0 aromatic carbocycles. The van der Waals surface area contributed by atoms with Gasteiger partial charge in [0.1, 0.15) is 5.69 Å². The van der Waals surface area contributed by atoms with E-state index >= 15 is 0 Å². The summed E-state index contributed by atoms with van der Waals surface area (Å²) in [6, 6.07) is 3.89. The third-order valence-electron chi connectivity index (χ3n) is 2.74. The van der Waals surface area contributed by atoms with E-state index < -0.39 is 0 Å². The largest absolute Gasteiger partial charge is 0.369 e. The van der Waals surface area contributed by atoms with Gasteiger partial charge in [-0.05, 0) is 19.9 Å². The first-order chi connectivity index (χ1) is 8.68. The summed E-state index contributed by atoms with van der Waals surface area (Å²) in [7, 11) is 0. The van der Waals surface area contributed by atoms with E-state index in [0.717, 1.165) is 5.69 Å². The van der Waals surface area contributed by atoms with Crippen LogP contribution in [0.4, 0.5) is 5.95 Å². The molecule has 0 radical (unpaired) electrons. The third kappa shape index (κ3) is 1.44. The van der Waals surface area contributed by atoms with Crippen LogP contribution < -0.4 is 5.73 Å². The van der Waals surface area contributed by atoms with Gasteiger partial charge in [-0.3, -0.25) is 4.68 Å². The van der Waals surface area contributed by atoms with E-state index in [9.17, 15) is 0 Å². The lowest BCUT2D eigenvalue weighted by molar-refractivity contribution is 0.536. The molecule has 0 amide bonds. The fraction of sp³-hybridized carbons (Fsp3) is 0.273. The van der Waals surface area contributed by atoms with Gasteiger partial charge >= 0.3 is 0 Å². The van der Waals surface area contributed by atoms with Crippen molar-refractivity contribution in [2.75, 3.05) is 5.73 Å². The summed E-state index contributed by atoms with van der Waals surface area (Å²) < 4.78 is 3.60. The lowest BCUT2D eigenvalue weighted by Gasteiger charge is -2.09. The van der Waals surface area contributed by atoms with E-state index in [2.05, 4.69) is 34.1 Å². The van der Waals surface area contributed by atoms with Gasteiger partial charge in [-0.1, -0.05) is 0 Å². The SMILES string of the molecule is CC(C)n1nccc1-c1nnc2ccnc(N)n12. The third-order valence-corrected chi connectivity index (χ3v) is 2.74. The topological polar surface area (TPSA) is 86.9 Å². The summed E-state index contributed by atoms with van der Waals surface area (Å²) in [4.78, 5) is 4.06. The number of hydrogen-bond acceptors (Lipinski definition) is 5. The number of anilines is 1. The van der Waals surface area contributed by atoms with Crippen molar-refractivity contribution in [3.05, 3.63) is 24.5 Å². The van der Waals surface area contributed by atoms with Gasteiger partial charge in [0.15, 0.2) is 11.5 Å². The number of rotatable bonds is 2. The van der Waals surface area contributed by atoms with Gasteiger partial charge in [0.05, 0.1) is 0 Å². The molecule has 3 rings (SSSR count). The van der Waals surface area contributed by atoms with E-state index in [1.54, 1.807) is 22.9 Å². The molecule has 3 aromatic heterocycles. The second-order valence-electron chi connectivity index (χ2n) is 4.28. The van der Waals surface area contributed by atoms with E-state index in [1.807, 2.05) is 10.7 Å². The number of hydrogen-bond donors (Lipinski definition) is 1. The van der Waals surface area contributed by atoms with Crippen molar-refractivity contribution < 1.29 is 0 Å². The molecule has 3 aromatic rings. The van der Waals surface area contributed by atoms with Crippen LogP contribution in [0.5, 0.6) is 0 Å². The molecule has 0 saturated heterocycles. The van der Waals surface area contributed by atoms with Crippen molar-refractivity contribution >= 4 is 11.6 Å². The highest BCUT2D eigenvalue weighted by molar-refractivity contribution is 5.58. The predicted octanol–water partition coefficient (Wildman–Crippen LogP) is 1.15. The molecule has 3 heterocycles. The van der Waals surface area contributed by atoms with E-state index in [1.165, 1.54) is 0 Å². The first kappa shape index (κ1) is 10.7. The Balaban J connectivity index is 2.29. The summed E-state index contributed by atoms with van der Waals surface area (Å²) in [6.45, 7) is 4.11. The highest BCUT2D eigenvalue weighted by Crippen LogP contribution is 2.22. The zero-order chi connectivity index (χ0) is 12.7. The average molecular weight is 243 g/mol. The molecule has 0 aliphatic heterocycles. The molecule has 7 nitrogen and oxygen atoms in total. The highest BCUT2D eigenvalue weighted by atomic mass is 15.3. The van der Waals surface area contributed by atoms with Crippen LogP contribution in [0.15, 0.2) is 24.5 Å². The number of aromatic nitrogens is 6. The molecule has 7 heteroatoms. The number of nitrogen functional groups attached to an aromatic ring is 1. The van der Waals surface area contributed by atoms with Gasteiger partial charge in [0.25, 0.3) is 0 Å². The lowest BCUT2D eigenvalue weighted by atomic mass is 10.3. The van der Waals surface area contributed by atoms with Gasteiger partial charge < -0.3 is 5.73 Å². The standard InChI is InChI=1S/C11H13N7/c1-7(2)18-8(3-6-14-18)10-16-15-9-4-5-13-11(12)17(9)10/h3-7H,1-2H3,(H2,12,13). The van der Waals surface area contributed by atoms with Crippen LogP contribution in [0.3, 0.4) is 0 Å². The summed E-state index contributed by atoms with van der Waals surface area (Å²) in [5, 5.41) is 12.5. The Morgan fingerprint density at radius 1 is 1.17 bits per heavy atom. The van der Waals surface area contributed by atoms with Crippen molar-refractivity contribution in [2.24, 2.45) is 0 Å². The van der Waals surface area contributed by atoms with Crippen LogP contribution in [0.1, 0.15) is 19.9 Å². The smallest absolute Gasteiger partial charge is 0.207 e. The monoisotopic (exact) mass is 243 g/mol. The first-order valence-electron chi connectivity index (χ1n) is 5.68. The second-order valence-corrected chi connectivity index (χ2v) is 4.28. The van der Waals surface area contributed by atoms with Crippen LogP contribution in [-0.2, 0) is 0 Å². The lowest BCUT2D eigenvalue weighted by Crippen LogP contribution is -2.08. The fourth-order valence-electron chi connectivity index (χ4n) is 1.94. The molecule has 0 bridgehead atoms. The first-order valence-corrected chi connectivity index (χ1v) is 5.68. The Bertz CT molecular complexity index is 694. The van der Waals surface area contributed by atoms with Gasteiger partial charge in [-0.15, -0.1) is 10.2 Å². The van der Waals surface area contributed by atoms with Crippen LogP contribution in [-0.4, -0.2) is 29.4 Å². The van der Waals surface area contributed by atoms with E-state index in [4.69, 9.17) is 5.73 Å². The van der Waals surface area contributed by atoms with Crippen LogP contribution in [0.25, 0.3) is 17.2 Å². The van der Waals surface area contributed by atoms with Gasteiger partial charge in [0.2, 0.25) is 5.95 Å². The highest BCUT2D eigenvalue weighted by Gasteiger charge is 2.16. The van der Waals surface area contributed by atoms with Crippen molar-refractivity contribution in [3.8, 4) is 11.5 Å². The average Bonchev–Trinajstić information content (AvgIpc) is 2.94. The number of nitrogens with two attached hydrogens (primary N) is 1. The van der Waals surface area contributed by atoms with Crippen LogP contribution in [0, 0.1) is 0 Å². The molecule has 0 atom stereocenters. The molecule has 0 fully saturated rings. The maximum Gasteiger partial charge on any atom is 0.207 e. The van der Waals surface area contributed by atoms with Crippen molar-refractivity contribution in [3.63, 3.8) is 0 Å². The maximum absolute atomic E-state index is 5.88. The molecular formula is C11H13N7. The second kappa shape index (κ2) is 3.80. The quantitative estimate of drug-likeness (QED) is 0.729. The molecule has 2 N–H and O–H groups in total. The normalized spacial score (nSPS) is 11.5. The van der Waals surface area contributed by atoms with Crippen LogP contribution >= 0.6 is 0 Å². The zero-order valence-corrected chi connectivity index (χ0v) is 10.1. The molecule has 0 aliphatic rings. The summed E-state index contributed by atoms with van der Waals surface area (Å²) in [6.07, 6.45) is 3.35. The molecule has 0 unspecified atom stereocenters. The molecular weight excluding hydrogens is 230 g/mol. The summed E-state index contributed by atoms with van der Waals surface area (Å²) >= 11 is 0. The Kier molecular flexibility index (Phi) is 2.26. The molecule has 18 heavy (non-hydrogen) atoms. The minimum atomic E-state index is 0.236. The zero-order valence-electron chi connectivity index (χ0n) is 10.1. The Hall–Kier alpha value is -2.44. The minimum absolute atomic E-state index is 0.236. The molecule has 0 saturated carbocycles. The van der Waals surface area contributed by atoms with Crippen molar-refractivity contribution in [2.45, 2.75) is 19.9 Å². The Morgan fingerprint density at radius 3 is 2.78 bits per heavy atom. The van der Waals surface area contributed by atoms with Gasteiger partial charge in [-0.2, -0.15) is 5.10 Å². The number of fused-ring (bicyclic) bond motifs is 1. The van der Waals surface area contributed by atoms with Gasteiger partial charge in [-0.25, -0.2) is 9.38 Å². The molecule has 0 spiro atoms. The molecule has 0 aliphatic carbocycles.